The Morgan fingerprint density at radius 2 is 2.08 bits per heavy atom. The quantitative estimate of drug-likeness (QED) is 0.880. The lowest BCUT2D eigenvalue weighted by Gasteiger charge is -2.10. The molecule has 0 heterocycles. The summed E-state index contributed by atoms with van der Waals surface area (Å²) in [7, 11) is 0. The van der Waals surface area contributed by atoms with Crippen LogP contribution in [0, 0.1) is 0 Å². The molecule has 4 N–H and O–H groups in total. The van der Waals surface area contributed by atoms with Gasteiger partial charge in [0.25, 0.3) is 0 Å². The van der Waals surface area contributed by atoms with E-state index in [-0.39, 0.29) is 18.4 Å². The largest absolute Gasteiger partial charge is 0.330 e. The molecule has 1 rings (SSSR count). The van der Waals surface area contributed by atoms with Gasteiger partial charge in [0.15, 0.2) is 0 Å². The molecule has 0 aromatic heterocycles. The van der Waals surface area contributed by atoms with Crippen molar-refractivity contribution < 1.29 is 0 Å². The van der Waals surface area contributed by atoms with E-state index in [0.717, 1.165) is 16.5 Å². The van der Waals surface area contributed by atoms with Gasteiger partial charge in [0, 0.05) is 10.5 Å². The predicted molar refractivity (Wildman–Crippen MR) is 62.0 cm³/mol. The Kier molecular flexibility index (Phi) is 6.33. The van der Waals surface area contributed by atoms with Crippen molar-refractivity contribution >= 4 is 28.3 Å². The van der Waals surface area contributed by atoms with E-state index in [4.69, 9.17) is 11.5 Å². The summed E-state index contributed by atoms with van der Waals surface area (Å²) < 4.78 is 1.06. The second-order valence-electron chi connectivity index (χ2n) is 2.74. The third-order valence-electron chi connectivity index (χ3n) is 1.75. The smallest absolute Gasteiger partial charge is 0.0307 e. The molecule has 0 aliphatic carbocycles. The molecule has 0 aliphatic heterocycles. The van der Waals surface area contributed by atoms with E-state index < -0.39 is 0 Å². The minimum Gasteiger partial charge on any atom is -0.330 e. The summed E-state index contributed by atoms with van der Waals surface area (Å²) in [6.07, 6.45) is 0.830. The first-order chi connectivity index (χ1) is 5.74. The van der Waals surface area contributed by atoms with Gasteiger partial charge in [0.05, 0.1) is 0 Å². The van der Waals surface area contributed by atoms with E-state index in [0.29, 0.717) is 6.54 Å². The summed E-state index contributed by atoms with van der Waals surface area (Å²) in [5.74, 6) is 0. The number of benzene rings is 1. The minimum atomic E-state index is 0. The highest BCUT2D eigenvalue weighted by molar-refractivity contribution is 9.10. The molecule has 0 unspecified atom stereocenters. The molecular weight excluding hydrogens is 251 g/mol. The number of halogens is 2. The summed E-state index contributed by atoms with van der Waals surface area (Å²) in [6.45, 7) is 0.633. The number of nitrogens with two attached hydrogens (primary N) is 2. The molecule has 13 heavy (non-hydrogen) atoms. The van der Waals surface area contributed by atoms with Gasteiger partial charge in [-0.1, -0.05) is 28.1 Å². The van der Waals surface area contributed by atoms with Crippen LogP contribution in [0.1, 0.15) is 18.0 Å². The first kappa shape index (κ1) is 12.9. The molecule has 0 saturated heterocycles. The molecule has 0 aliphatic rings. The van der Waals surface area contributed by atoms with Crippen molar-refractivity contribution in [3.05, 3.63) is 34.3 Å². The number of hydrogen-bond acceptors (Lipinski definition) is 2. The van der Waals surface area contributed by atoms with Crippen molar-refractivity contribution in [3.63, 3.8) is 0 Å². The second-order valence-corrected chi connectivity index (χ2v) is 3.65. The number of hydrogen-bond donors (Lipinski definition) is 2. The topological polar surface area (TPSA) is 52.0 Å². The van der Waals surface area contributed by atoms with Crippen LogP contribution < -0.4 is 11.5 Å². The first-order valence-corrected chi connectivity index (χ1v) is 4.74. The molecule has 1 aromatic carbocycles. The van der Waals surface area contributed by atoms with Crippen molar-refractivity contribution in [1.29, 1.82) is 0 Å². The van der Waals surface area contributed by atoms with Gasteiger partial charge < -0.3 is 11.5 Å². The van der Waals surface area contributed by atoms with Gasteiger partial charge in [-0.2, -0.15) is 0 Å². The second kappa shape index (κ2) is 6.38. The van der Waals surface area contributed by atoms with E-state index in [1.54, 1.807) is 0 Å². The van der Waals surface area contributed by atoms with E-state index in [1.165, 1.54) is 0 Å². The molecule has 1 aromatic rings. The lowest BCUT2D eigenvalue weighted by molar-refractivity contribution is 0.661. The first-order valence-electron chi connectivity index (χ1n) is 3.95. The van der Waals surface area contributed by atoms with Gasteiger partial charge in [-0.05, 0) is 30.7 Å². The van der Waals surface area contributed by atoms with Gasteiger partial charge in [0.1, 0.15) is 0 Å². The van der Waals surface area contributed by atoms with Crippen molar-refractivity contribution in [2.24, 2.45) is 11.5 Å². The monoisotopic (exact) mass is 264 g/mol. The van der Waals surface area contributed by atoms with E-state index >= 15 is 0 Å². The molecule has 0 bridgehead atoms. The van der Waals surface area contributed by atoms with Gasteiger partial charge >= 0.3 is 0 Å². The summed E-state index contributed by atoms with van der Waals surface area (Å²) in [6, 6.07) is 8.08. The van der Waals surface area contributed by atoms with E-state index in [1.807, 2.05) is 24.3 Å². The Balaban J connectivity index is 0.00000144. The average molecular weight is 266 g/mol. The van der Waals surface area contributed by atoms with Crippen molar-refractivity contribution in [2.75, 3.05) is 6.54 Å². The fourth-order valence-corrected chi connectivity index (χ4v) is 1.50. The van der Waals surface area contributed by atoms with Gasteiger partial charge in [-0.15, -0.1) is 12.4 Å². The summed E-state index contributed by atoms with van der Waals surface area (Å²) in [5, 5.41) is 0. The molecule has 0 fully saturated rings. The molecule has 0 amide bonds. The molecular formula is C9H14BrClN2. The highest BCUT2D eigenvalue weighted by Gasteiger charge is 2.03. The maximum atomic E-state index is 5.87. The average Bonchev–Trinajstić information content (AvgIpc) is 2.05. The van der Waals surface area contributed by atoms with Crippen LogP contribution in [0.25, 0.3) is 0 Å². The molecule has 74 valence electrons. The minimum absolute atomic E-state index is 0. The van der Waals surface area contributed by atoms with Crippen molar-refractivity contribution in [3.8, 4) is 0 Å². The molecule has 0 spiro atoms. The molecule has 0 radical (unpaired) electrons. The van der Waals surface area contributed by atoms with Crippen LogP contribution in [0.2, 0.25) is 0 Å². The third kappa shape index (κ3) is 4.09. The fraction of sp³-hybridized carbons (Fsp3) is 0.333. The summed E-state index contributed by atoms with van der Waals surface area (Å²) >= 11 is 3.39. The zero-order valence-electron chi connectivity index (χ0n) is 7.24. The Morgan fingerprint density at radius 3 is 2.62 bits per heavy atom. The Morgan fingerprint density at radius 1 is 1.38 bits per heavy atom. The SMILES string of the molecule is Cl.NCC[C@H](N)c1cccc(Br)c1. The van der Waals surface area contributed by atoms with Gasteiger partial charge in [-0.3, -0.25) is 0 Å². The zero-order valence-corrected chi connectivity index (χ0v) is 9.64. The summed E-state index contributed by atoms with van der Waals surface area (Å²) in [5.41, 5.74) is 12.4. The highest BCUT2D eigenvalue weighted by atomic mass is 79.9. The van der Waals surface area contributed by atoms with Crippen LogP contribution in [0.15, 0.2) is 28.7 Å². The normalized spacial score (nSPS) is 11.9. The third-order valence-corrected chi connectivity index (χ3v) is 2.25. The van der Waals surface area contributed by atoms with Crippen LogP contribution in [-0.4, -0.2) is 6.54 Å². The van der Waals surface area contributed by atoms with Gasteiger partial charge in [-0.25, -0.2) is 0 Å². The lowest BCUT2D eigenvalue weighted by Crippen LogP contribution is -2.15. The molecule has 0 saturated carbocycles. The summed E-state index contributed by atoms with van der Waals surface area (Å²) in [4.78, 5) is 0. The van der Waals surface area contributed by atoms with Crippen molar-refractivity contribution in [2.45, 2.75) is 12.5 Å². The predicted octanol–water partition coefficient (Wildman–Crippen LogP) is 2.22. The van der Waals surface area contributed by atoms with Crippen molar-refractivity contribution in [1.82, 2.24) is 0 Å². The van der Waals surface area contributed by atoms with Gasteiger partial charge in [0.2, 0.25) is 0 Å². The molecule has 4 heteroatoms. The van der Waals surface area contributed by atoms with Crippen LogP contribution in [0.4, 0.5) is 0 Å². The fourth-order valence-electron chi connectivity index (χ4n) is 1.08. The van der Waals surface area contributed by atoms with Crippen LogP contribution in [0.5, 0.6) is 0 Å². The molecule has 1 atom stereocenters. The Hall–Kier alpha value is -0.0900. The molecule has 2 nitrogen and oxygen atoms in total. The number of rotatable bonds is 3. The van der Waals surface area contributed by atoms with E-state index in [2.05, 4.69) is 15.9 Å². The Bertz CT molecular complexity index is 255. The van der Waals surface area contributed by atoms with Crippen LogP contribution in [0.3, 0.4) is 0 Å². The lowest BCUT2D eigenvalue weighted by atomic mass is 10.1. The van der Waals surface area contributed by atoms with Crippen LogP contribution >= 0.6 is 28.3 Å². The maximum absolute atomic E-state index is 5.87. The van der Waals surface area contributed by atoms with Crippen LogP contribution in [-0.2, 0) is 0 Å². The maximum Gasteiger partial charge on any atom is 0.0307 e. The zero-order chi connectivity index (χ0) is 8.97. The van der Waals surface area contributed by atoms with E-state index in [9.17, 15) is 0 Å². The standard InChI is InChI=1S/C9H13BrN2.ClH/c10-8-3-1-2-7(6-8)9(12)4-5-11;/h1-3,6,9H,4-5,11-12H2;1H/t9-;/m0./s1. The Labute approximate surface area is 93.2 Å². The highest BCUT2D eigenvalue weighted by Crippen LogP contribution is 2.17.